The van der Waals surface area contributed by atoms with E-state index in [2.05, 4.69) is 19.9 Å². The second kappa shape index (κ2) is 9.58. The van der Waals surface area contributed by atoms with E-state index < -0.39 is 23.9 Å². The number of fused-ring (bicyclic) bond motifs is 1. The van der Waals surface area contributed by atoms with Gasteiger partial charge in [-0.3, -0.25) is 4.98 Å². The van der Waals surface area contributed by atoms with Gasteiger partial charge >= 0.3 is 6.18 Å². The summed E-state index contributed by atoms with van der Waals surface area (Å²) in [6, 6.07) is 4.74. The summed E-state index contributed by atoms with van der Waals surface area (Å²) >= 11 is 0. The van der Waals surface area contributed by atoms with Crippen molar-refractivity contribution in [2.45, 2.75) is 83.1 Å². The molecule has 0 radical (unpaired) electrons. The lowest BCUT2D eigenvalue weighted by Crippen LogP contribution is -2.30. The van der Waals surface area contributed by atoms with Gasteiger partial charge in [0.2, 0.25) is 0 Å². The van der Waals surface area contributed by atoms with Crippen LogP contribution in [0.2, 0.25) is 0 Å². The lowest BCUT2D eigenvalue weighted by molar-refractivity contribution is -0.137. The molecule has 3 aliphatic rings. The van der Waals surface area contributed by atoms with Gasteiger partial charge in [-0.25, -0.2) is 0 Å². The van der Waals surface area contributed by atoms with Gasteiger partial charge < -0.3 is 14.9 Å². The van der Waals surface area contributed by atoms with Crippen LogP contribution in [0, 0.1) is 5.41 Å². The molecule has 1 aliphatic heterocycles. The van der Waals surface area contributed by atoms with E-state index in [4.69, 9.17) is 9.72 Å². The molecule has 2 aliphatic carbocycles. The molecule has 0 spiro atoms. The predicted octanol–water partition coefficient (Wildman–Crippen LogP) is 6.65. The molecule has 2 atom stereocenters. The van der Waals surface area contributed by atoms with Gasteiger partial charge in [-0.2, -0.15) is 13.2 Å². The molecule has 1 unspecified atom stereocenters. The van der Waals surface area contributed by atoms with E-state index in [0.29, 0.717) is 30.8 Å². The number of benzene rings is 1. The molecule has 194 valence electrons. The van der Waals surface area contributed by atoms with E-state index >= 15 is 0 Å². The first-order valence-corrected chi connectivity index (χ1v) is 12.9. The molecule has 1 aromatic carbocycles. The number of allylic oxidation sites excluding steroid dienone is 2. The zero-order chi connectivity index (χ0) is 25.7. The minimum atomic E-state index is -4.44. The fourth-order valence-electron chi connectivity index (χ4n) is 6.15. The number of pyridine rings is 1. The van der Waals surface area contributed by atoms with E-state index in [-0.39, 0.29) is 11.3 Å². The number of hydrogen-bond donors (Lipinski definition) is 2. The molecule has 1 saturated heterocycles. The van der Waals surface area contributed by atoms with Crippen molar-refractivity contribution >= 4 is 5.57 Å². The topological polar surface area (TPSA) is 62.6 Å². The van der Waals surface area contributed by atoms with Crippen molar-refractivity contribution in [3.05, 3.63) is 69.5 Å². The smallest absolute Gasteiger partial charge is 0.388 e. The summed E-state index contributed by atoms with van der Waals surface area (Å²) < 4.78 is 45.2. The van der Waals surface area contributed by atoms with Gasteiger partial charge in [0.25, 0.3) is 0 Å². The van der Waals surface area contributed by atoms with Crippen LogP contribution in [0.3, 0.4) is 0 Å². The molecule has 1 aromatic heterocycles. The fraction of sp³-hybridized carbons (Fsp3) is 0.552. The summed E-state index contributed by atoms with van der Waals surface area (Å²) in [7, 11) is 0. The number of halogens is 3. The van der Waals surface area contributed by atoms with Crippen molar-refractivity contribution in [2.24, 2.45) is 5.41 Å². The highest BCUT2D eigenvalue weighted by atomic mass is 19.4. The maximum Gasteiger partial charge on any atom is 0.416 e. The average Bonchev–Trinajstić information content (AvgIpc) is 3.36. The molecule has 0 saturated carbocycles. The van der Waals surface area contributed by atoms with E-state index in [1.54, 1.807) is 0 Å². The minimum absolute atomic E-state index is 0.0751. The van der Waals surface area contributed by atoms with Crippen molar-refractivity contribution in [1.29, 1.82) is 0 Å². The molecule has 4 nitrogen and oxygen atoms in total. The summed E-state index contributed by atoms with van der Waals surface area (Å²) in [4.78, 5) is 5.14. The van der Waals surface area contributed by atoms with E-state index in [1.165, 1.54) is 12.1 Å². The van der Waals surface area contributed by atoms with Gasteiger partial charge in [0.15, 0.2) is 0 Å². The molecular formula is C29H34F3NO3. The third kappa shape index (κ3) is 4.85. The van der Waals surface area contributed by atoms with Crippen molar-refractivity contribution in [3.8, 4) is 0 Å². The highest BCUT2D eigenvalue weighted by molar-refractivity contribution is 5.75. The van der Waals surface area contributed by atoms with Crippen LogP contribution in [0.1, 0.15) is 110 Å². The molecule has 5 rings (SSSR count). The van der Waals surface area contributed by atoms with Gasteiger partial charge in [-0.05, 0) is 79.2 Å². The number of rotatable bonds is 4. The minimum Gasteiger partial charge on any atom is -0.388 e. The normalized spacial score (nSPS) is 23.3. The van der Waals surface area contributed by atoms with Crippen LogP contribution >= 0.6 is 0 Å². The van der Waals surface area contributed by atoms with Gasteiger partial charge in [0.1, 0.15) is 6.10 Å². The van der Waals surface area contributed by atoms with Gasteiger partial charge in [-0.15, -0.1) is 0 Å². The van der Waals surface area contributed by atoms with Gasteiger partial charge in [0.05, 0.1) is 17.4 Å². The standard InChI is InChI=1S/C29H34F3NO3/c1-28(2)15-21-24(22(34)16-28)23(17-5-3-4-6-17)25(26(33-21)18-11-13-36-14-12-18)27(35)19-7-9-20(10-8-19)29(30,31)32/h5,7-10,18,22,27,34-35H,3-4,6,11-16H2,1-2H3/t22-,27?/m0/s1. The number of aromatic nitrogens is 1. The largest absolute Gasteiger partial charge is 0.416 e. The summed E-state index contributed by atoms with van der Waals surface area (Å²) in [5.74, 6) is 0.0751. The lowest BCUT2D eigenvalue weighted by atomic mass is 9.71. The van der Waals surface area contributed by atoms with Crippen molar-refractivity contribution < 1.29 is 28.1 Å². The van der Waals surface area contributed by atoms with Crippen molar-refractivity contribution in [3.63, 3.8) is 0 Å². The Hall–Kier alpha value is -2.22. The molecule has 2 heterocycles. The molecule has 0 bridgehead atoms. The Labute approximate surface area is 210 Å². The lowest BCUT2D eigenvalue weighted by Gasteiger charge is -2.38. The molecule has 7 heteroatoms. The molecule has 2 aromatic rings. The summed E-state index contributed by atoms with van der Waals surface area (Å²) in [5, 5.41) is 23.1. The Morgan fingerprint density at radius 2 is 1.81 bits per heavy atom. The van der Waals surface area contributed by atoms with E-state index in [0.717, 1.165) is 78.7 Å². The van der Waals surface area contributed by atoms with Crippen LogP contribution < -0.4 is 0 Å². The van der Waals surface area contributed by atoms with E-state index in [1.807, 2.05) is 0 Å². The van der Waals surface area contributed by atoms with Crippen LogP contribution in [0.5, 0.6) is 0 Å². The number of ether oxygens (including phenoxy) is 1. The van der Waals surface area contributed by atoms with Crippen molar-refractivity contribution in [1.82, 2.24) is 4.98 Å². The number of aliphatic hydroxyl groups is 2. The quantitative estimate of drug-likeness (QED) is 0.492. The molecule has 1 fully saturated rings. The second-order valence-corrected chi connectivity index (χ2v) is 11.2. The van der Waals surface area contributed by atoms with Gasteiger partial charge in [0, 0.05) is 36.0 Å². The van der Waals surface area contributed by atoms with Crippen molar-refractivity contribution in [2.75, 3.05) is 13.2 Å². The van der Waals surface area contributed by atoms with Crippen LogP contribution in [-0.2, 0) is 17.3 Å². The number of nitrogens with zero attached hydrogens (tertiary/aromatic N) is 1. The highest BCUT2D eigenvalue weighted by Gasteiger charge is 2.39. The summed E-state index contributed by atoms with van der Waals surface area (Å²) in [5.41, 5.74) is 4.62. The summed E-state index contributed by atoms with van der Waals surface area (Å²) in [6.45, 7) is 5.47. The molecule has 2 N–H and O–H groups in total. The number of alkyl halides is 3. The third-order valence-corrected chi connectivity index (χ3v) is 7.90. The third-order valence-electron chi connectivity index (χ3n) is 7.90. The monoisotopic (exact) mass is 501 g/mol. The average molecular weight is 502 g/mol. The molecule has 36 heavy (non-hydrogen) atoms. The van der Waals surface area contributed by atoms with Crippen LogP contribution in [0.15, 0.2) is 30.3 Å². The summed E-state index contributed by atoms with van der Waals surface area (Å²) in [6.07, 6.45) is 1.49. The SMILES string of the molecule is CC1(C)Cc2nc(C3CCOCC3)c(C(O)c3ccc(C(F)(F)F)cc3)c(C3=CCCC3)c2[C@@H](O)C1. The first-order valence-electron chi connectivity index (χ1n) is 12.9. The number of aliphatic hydroxyl groups excluding tert-OH is 2. The maximum atomic E-state index is 13.2. The highest BCUT2D eigenvalue weighted by Crippen LogP contribution is 2.49. The first-order chi connectivity index (χ1) is 17.0. The van der Waals surface area contributed by atoms with Crippen LogP contribution in [0.4, 0.5) is 13.2 Å². The Morgan fingerprint density at radius 3 is 2.42 bits per heavy atom. The number of hydrogen-bond acceptors (Lipinski definition) is 4. The van der Waals surface area contributed by atoms with Crippen LogP contribution in [-0.4, -0.2) is 28.4 Å². The van der Waals surface area contributed by atoms with Crippen LogP contribution in [0.25, 0.3) is 5.57 Å². The zero-order valence-electron chi connectivity index (χ0n) is 20.9. The maximum absolute atomic E-state index is 13.2. The second-order valence-electron chi connectivity index (χ2n) is 11.2. The predicted molar refractivity (Wildman–Crippen MR) is 131 cm³/mol. The Bertz CT molecular complexity index is 1150. The zero-order valence-corrected chi connectivity index (χ0v) is 20.9. The first kappa shape index (κ1) is 25.4. The Balaban J connectivity index is 1.73. The Morgan fingerprint density at radius 1 is 1.11 bits per heavy atom. The van der Waals surface area contributed by atoms with E-state index in [9.17, 15) is 23.4 Å². The molecule has 0 amide bonds. The fourth-order valence-corrected chi connectivity index (χ4v) is 6.15. The Kier molecular flexibility index (Phi) is 6.77. The molecular weight excluding hydrogens is 467 g/mol. The van der Waals surface area contributed by atoms with Gasteiger partial charge in [-0.1, -0.05) is 32.1 Å².